The van der Waals surface area contributed by atoms with Crippen molar-refractivity contribution in [2.45, 2.75) is 347 Å². The van der Waals surface area contributed by atoms with E-state index in [1.165, 1.54) is 354 Å². The van der Waals surface area contributed by atoms with E-state index in [2.05, 4.69) is 248 Å². The molecule has 560 valence electrons. The van der Waals surface area contributed by atoms with E-state index in [0.29, 0.717) is 5.92 Å². The van der Waals surface area contributed by atoms with Crippen molar-refractivity contribution in [2.75, 3.05) is 0 Å². The molecule has 4 aliphatic carbocycles. The van der Waals surface area contributed by atoms with Gasteiger partial charge in [-0.3, -0.25) is 0 Å². The normalized spacial score (nSPS) is 13.4. The van der Waals surface area contributed by atoms with Gasteiger partial charge in [0, 0.05) is 25.7 Å². The number of benzene rings is 8. The van der Waals surface area contributed by atoms with Gasteiger partial charge in [-0.1, -0.05) is 481 Å². The number of hydrogen-bond acceptors (Lipinski definition) is 0. The Kier molecular flexibility index (Phi) is 37.3. The van der Waals surface area contributed by atoms with Crippen LogP contribution < -0.4 is 0 Å². The Morgan fingerprint density at radius 3 is 0.827 bits per heavy atom. The SMILES string of the molecule is CCCCCCCCCCC1(CCCCCCCCCC)c2cc(Br)ccc2-c2ccc(Br)cc21.CCCCCCCCCCC1(CCCCCCCCCC)c2ccccc2-c2ccccc21.CCCCCCCCCCC1c2ccccc2-c2ccccc21.c1ccc2c(c1)Cc1ccccc1-2. The van der Waals surface area contributed by atoms with Gasteiger partial charge < -0.3 is 0 Å². The molecule has 0 nitrogen and oxygen atoms in total. The summed E-state index contributed by atoms with van der Waals surface area (Å²) in [7, 11) is 0. The minimum Gasteiger partial charge on any atom is -0.0654 e. The van der Waals surface area contributed by atoms with E-state index >= 15 is 0 Å². The molecule has 0 unspecified atom stereocenters. The lowest BCUT2D eigenvalue weighted by atomic mass is 9.70. The first-order valence-corrected chi connectivity index (χ1v) is 45.0. The zero-order valence-electron chi connectivity index (χ0n) is 66.2. The van der Waals surface area contributed by atoms with Crippen molar-refractivity contribution in [3.63, 3.8) is 0 Å². The Hall–Kier alpha value is -5.28. The van der Waals surface area contributed by atoms with Gasteiger partial charge in [0.15, 0.2) is 0 Å². The van der Waals surface area contributed by atoms with Crippen LogP contribution in [-0.2, 0) is 17.3 Å². The third kappa shape index (κ3) is 23.9. The Labute approximate surface area is 653 Å². The largest absolute Gasteiger partial charge is 0.0654 e. The highest BCUT2D eigenvalue weighted by Gasteiger charge is 2.44. The van der Waals surface area contributed by atoms with E-state index in [1.54, 1.807) is 33.4 Å². The second-order valence-electron chi connectivity index (χ2n) is 32.0. The molecular weight excluding hydrogens is 1380 g/mol. The highest BCUT2D eigenvalue weighted by atomic mass is 79.9. The second kappa shape index (κ2) is 46.8. The topological polar surface area (TPSA) is 0 Å². The van der Waals surface area contributed by atoms with Crippen LogP contribution >= 0.6 is 31.9 Å². The quantitative estimate of drug-likeness (QED) is 0.0334. The number of fused-ring (bicyclic) bond motifs is 12. The summed E-state index contributed by atoms with van der Waals surface area (Å²) in [5.41, 5.74) is 24.5. The predicted octanol–water partition coefficient (Wildman–Crippen LogP) is 34.1. The third-order valence-electron chi connectivity index (χ3n) is 24.3. The summed E-state index contributed by atoms with van der Waals surface area (Å²) in [4.78, 5) is 0. The summed E-state index contributed by atoms with van der Waals surface area (Å²) < 4.78 is 2.44. The molecule has 0 saturated heterocycles. The maximum absolute atomic E-state index is 3.81. The molecule has 0 bridgehead atoms. The molecule has 0 radical (unpaired) electrons. The van der Waals surface area contributed by atoms with Crippen molar-refractivity contribution < 1.29 is 0 Å². The first kappa shape index (κ1) is 82.8. The van der Waals surface area contributed by atoms with Crippen molar-refractivity contribution in [1.29, 1.82) is 0 Å². The Balaban J connectivity index is 0.000000168. The molecule has 104 heavy (non-hydrogen) atoms. The first-order chi connectivity index (χ1) is 51.3. The highest BCUT2D eigenvalue weighted by molar-refractivity contribution is 9.10. The Bertz CT molecular complexity index is 3460. The van der Waals surface area contributed by atoms with Gasteiger partial charge in [-0.25, -0.2) is 0 Å². The molecule has 0 amide bonds. The van der Waals surface area contributed by atoms with Gasteiger partial charge in [-0.05, 0) is 152 Å². The van der Waals surface area contributed by atoms with Crippen LogP contribution in [0, 0.1) is 0 Å². The van der Waals surface area contributed by atoms with Crippen LogP contribution in [0.5, 0.6) is 0 Å². The number of hydrogen-bond donors (Lipinski definition) is 0. The standard InChI is InChI=1S/C33H48Br2.C33H50.C23H30.C13H10/c1-3-5-7-9-11-13-15-17-23-33(24-18-16-14-12-10-8-6-4-2)31-25-27(34)19-21-29(31)30-22-20-28(35)26-32(30)33;1-3-5-7-9-11-13-15-21-27-33(28-22-16-14-12-10-8-6-4-2)31-25-19-17-23-29(31)30-24-18-20-26-32(30)33;1-2-3-4-5-6-7-8-9-14-19-20-15-10-12-17-22(20)23-18-13-11-16-21(19)23;1-3-7-12-10(5-1)9-11-6-2-4-8-13(11)12/h19-22,25-26H,3-18,23-24H2,1-2H3;17-20,23-26H,3-16,21-22,27-28H2,1-2H3;10-13,15-19H,2-9,14H2,1H3;1-8H,9H2. The third-order valence-corrected chi connectivity index (χ3v) is 25.3. The molecule has 0 atom stereocenters. The van der Waals surface area contributed by atoms with Crippen molar-refractivity contribution >= 4 is 31.9 Å². The molecule has 0 aliphatic heterocycles. The van der Waals surface area contributed by atoms with Crippen LogP contribution in [0.3, 0.4) is 0 Å². The second-order valence-corrected chi connectivity index (χ2v) is 33.8. The fourth-order valence-electron chi connectivity index (χ4n) is 18.6. The molecule has 12 rings (SSSR count). The first-order valence-electron chi connectivity index (χ1n) is 43.5. The maximum Gasteiger partial charge on any atom is 0.0216 e. The fraction of sp³-hybridized carbons (Fsp3) is 0.529. The Morgan fingerprint density at radius 2 is 0.490 bits per heavy atom. The van der Waals surface area contributed by atoms with E-state index in [0.717, 1.165) is 6.42 Å². The molecular formula is C102H138Br2. The molecule has 8 aromatic rings. The molecule has 2 heteroatoms. The molecule has 8 aromatic carbocycles. The average molecular weight is 1520 g/mol. The smallest absolute Gasteiger partial charge is 0.0216 e. The van der Waals surface area contributed by atoms with Gasteiger partial charge in [0.05, 0.1) is 0 Å². The van der Waals surface area contributed by atoms with Gasteiger partial charge in [-0.15, -0.1) is 0 Å². The highest BCUT2D eigenvalue weighted by Crippen LogP contribution is 2.57. The van der Waals surface area contributed by atoms with Crippen LogP contribution in [-0.4, -0.2) is 0 Å². The maximum atomic E-state index is 3.81. The molecule has 0 saturated carbocycles. The lowest BCUT2D eigenvalue weighted by Gasteiger charge is -2.33. The minimum atomic E-state index is 0.169. The summed E-state index contributed by atoms with van der Waals surface area (Å²) in [6, 6.07) is 68.1. The van der Waals surface area contributed by atoms with E-state index in [4.69, 9.17) is 0 Å². The van der Waals surface area contributed by atoms with Gasteiger partial charge in [-0.2, -0.15) is 0 Å². The lowest BCUT2D eigenvalue weighted by molar-refractivity contribution is 0.397. The molecule has 0 aromatic heterocycles. The van der Waals surface area contributed by atoms with Gasteiger partial charge in [0.25, 0.3) is 0 Å². The van der Waals surface area contributed by atoms with Crippen molar-refractivity contribution in [3.8, 4) is 44.5 Å². The van der Waals surface area contributed by atoms with E-state index in [9.17, 15) is 0 Å². The summed E-state index contributed by atoms with van der Waals surface area (Å²) in [6.07, 6.45) is 63.5. The van der Waals surface area contributed by atoms with Crippen molar-refractivity contribution in [3.05, 3.63) is 235 Å². The van der Waals surface area contributed by atoms with Crippen LogP contribution in [0.25, 0.3) is 44.5 Å². The molecule has 4 aliphatic rings. The lowest BCUT2D eigenvalue weighted by Crippen LogP contribution is -2.25. The molecule has 0 spiro atoms. The van der Waals surface area contributed by atoms with Crippen LogP contribution in [0.1, 0.15) is 374 Å². The number of halogens is 2. The van der Waals surface area contributed by atoms with Crippen LogP contribution in [0.2, 0.25) is 0 Å². The van der Waals surface area contributed by atoms with Gasteiger partial charge in [0.2, 0.25) is 0 Å². The molecule has 0 heterocycles. The summed E-state index contributed by atoms with van der Waals surface area (Å²) in [6.45, 7) is 11.5. The summed E-state index contributed by atoms with van der Waals surface area (Å²) in [5.74, 6) is 0.627. The van der Waals surface area contributed by atoms with Gasteiger partial charge >= 0.3 is 0 Å². The van der Waals surface area contributed by atoms with Gasteiger partial charge in [0.1, 0.15) is 0 Å². The average Bonchev–Trinajstić information content (AvgIpc) is 1.58. The van der Waals surface area contributed by atoms with Crippen LogP contribution in [0.4, 0.5) is 0 Å². The molecule has 0 fully saturated rings. The minimum absolute atomic E-state index is 0.169. The van der Waals surface area contributed by atoms with Crippen LogP contribution in [0.15, 0.2) is 191 Å². The van der Waals surface area contributed by atoms with E-state index in [-0.39, 0.29) is 10.8 Å². The predicted molar refractivity (Wildman–Crippen MR) is 465 cm³/mol. The number of rotatable bonds is 45. The number of unbranched alkanes of at least 4 members (excludes halogenated alkanes) is 35. The van der Waals surface area contributed by atoms with E-state index in [1.807, 2.05) is 0 Å². The zero-order chi connectivity index (χ0) is 72.7. The summed E-state index contributed by atoms with van der Waals surface area (Å²) in [5, 5.41) is 0. The zero-order valence-corrected chi connectivity index (χ0v) is 69.4. The molecule has 0 N–H and O–H groups in total. The van der Waals surface area contributed by atoms with E-state index < -0.39 is 0 Å². The van der Waals surface area contributed by atoms with Crippen molar-refractivity contribution in [1.82, 2.24) is 0 Å². The van der Waals surface area contributed by atoms with Crippen molar-refractivity contribution in [2.24, 2.45) is 0 Å². The Morgan fingerprint density at radius 1 is 0.240 bits per heavy atom. The summed E-state index contributed by atoms with van der Waals surface area (Å²) >= 11 is 7.62. The fourth-order valence-corrected chi connectivity index (χ4v) is 19.3. The monoisotopic (exact) mass is 1520 g/mol.